The summed E-state index contributed by atoms with van der Waals surface area (Å²) in [7, 11) is -0.318. The van der Waals surface area contributed by atoms with Crippen LogP contribution in [0.15, 0.2) is 59.8 Å². The number of aryl methyl sites for hydroxylation is 2. The highest BCUT2D eigenvalue weighted by molar-refractivity contribution is 7.89. The predicted molar refractivity (Wildman–Crippen MR) is 128 cm³/mol. The molecule has 1 saturated heterocycles. The molecule has 1 aliphatic rings. The zero-order valence-corrected chi connectivity index (χ0v) is 20.2. The number of ether oxygens (including phenoxy) is 2. The predicted octanol–water partition coefficient (Wildman–Crippen LogP) is 3.57. The minimum absolute atomic E-state index is 0.0471. The lowest BCUT2D eigenvalue weighted by Crippen LogP contribution is -2.41. The van der Waals surface area contributed by atoms with Crippen molar-refractivity contribution < 1.29 is 22.7 Å². The molecule has 0 radical (unpaired) electrons. The highest BCUT2D eigenvalue weighted by Gasteiger charge is 2.33. The number of nitrogens with one attached hydrogen (secondary N) is 1. The lowest BCUT2D eigenvalue weighted by Gasteiger charge is -2.29. The van der Waals surface area contributed by atoms with Crippen molar-refractivity contribution in [1.29, 1.82) is 0 Å². The number of carbonyl (C=O) groups is 1. The van der Waals surface area contributed by atoms with Gasteiger partial charge < -0.3 is 19.4 Å². The smallest absolute Gasteiger partial charge is 0.262 e. The summed E-state index contributed by atoms with van der Waals surface area (Å²) in [6.45, 7) is 2.32. The van der Waals surface area contributed by atoms with Crippen LogP contribution < -0.4 is 14.8 Å². The summed E-state index contributed by atoms with van der Waals surface area (Å²) < 4.78 is 39.9. The summed E-state index contributed by atoms with van der Waals surface area (Å²) in [5.74, 6) is 2.10. The molecule has 0 unspecified atom stereocenters. The second-order valence-corrected chi connectivity index (χ2v) is 10.1. The first-order chi connectivity index (χ1) is 16.3. The van der Waals surface area contributed by atoms with Gasteiger partial charge in [0.15, 0.2) is 16.5 Å². The maximum Gasteiger partial charge on any atom is 0.262 e. The molecular formula is C24H28N4O5S. The number of anilines is 1. The third-order valence-electron chi connectivity index (χ3n) is 5.93. The average Bonchev–Trinajstić information content (AvgIpc) is 3.19. The number of hydrogen-bond acceptors (Lipinski definition) is 6. The zero-order valence-electron chi connectivity index (χ0n) is 19.4. The Bertz CT molecular complexity index is 1240. The fourth-order valence-electron chi connectivity index (χ4n) is 3.82. The van der Waals surface area contributed by atoms with Crippen molar-refractivity contribution in [2.24, 2.45) is 13.0 Å². The van der Waals surface area contributed by atoms with Crippen molar-refractivity contribution in [3.8, 4) is 17.2 Å². The minimum atomic E-state index is -3.66. The van der Waals surface area contributed by atoms with Gasteiger partial charge in [0.2, 0.25) is 5.91 Å². The Morgan fingerprint density at radius 2 is 1.71 bits per heavy atom. The highest BCUT2D eigenvalue weighted by atomic mass is 32.2. The maximum atomic E-state index is 12.9. The van der Waals surface area contributed by atoms with Gasteiger partial charge in [0.1, 0.15) is 11.6 Å². The molecule has 0 saturated carbocycles. The van der Waals surface area contributed by atoms with E-state index in [-0.39, 0.29) is 29.9 Å². The van der Waals surface area contributed by atoms with Crippen LogP contribution in [-0.4, -0.2) is 48.4 Å². The summed E-state index contributed by atoms with van der Waals surface area (Å²) in [5.41, 5.74) is 0.649. The van der Waals surface area contributed by atoms with Crippen LogP contribution in [0.5, 0.6) is 17.2 Å². The van der Waals surface area contributed by atoms with Crippen LogP contribution in [0.25, 0.3) is 0 Å². The number of benzene rings is 2. The number of rotatable bonds is 7. The Labute approximate surface area is 199 Å². The number of methoxy groups -OCH3 is 1. The lowest BCUT2D eigenvalue weighted by atomic mass is 9.97. The van der Waals surface area contributed by atoms with Crippen molar-refractivity contribution in [3.05, 3.63) is 60.6 Å². The summed E-state index contributed by atoms with van der Waals surface area (Å²) in [6.07, 6.45) is 2.42. The molecule has 9 nitrogen and oxygen atoms in total. The quantitative estimate of drug-likeness (QED) is 0.550. The van der Waals surface area contributed by atoms with Crippen LogP contribution in [0.3, 0.4) is 0 Å². The molecule has 1 fully saturated rings. The molecule has 2 heterocycles. The maximum absolute atomic E-state index is 12.9. The van der Waals surface area contributed by atoms with E-state index >= 15 is 0 Å². The zero-order chi connectivity index (χ0) is 24.3. The van der Waals surface area contributed by atoms with Gasteiger partial charge in [-0.15, -0.1) is 0 Å². The molecule has 1 N–H and O–H groups in total. The topological polar surface area (TPSA) is 103 Å². The number of imidazole rings is 1. The third kappa shape index (κ3) is 5.07. The summed E-state index contributed by atoms with van der Waals surface area (Å²) in [4.78, 5) is 16.9. The first kappa shape index (κ1) is 23.8. The molecule has 3 aromatic rings. The number of aromatic nitrogens is 2. The lowest BCUT2D eigenvalue weighted by molar-refractivity contribution is -0.120. The van der Waals surface area contributed by atoms with Gasteiger partial charge in [-0.2, -0.15) is 4.31 Å². The summed E-state index contributed by atoms with van der Waals surface area (Å²) >= 11 is 0. The highest BCUT2D eigenvalue weighted by Crippen LogP contribution is 2.31. The van der Waals surface area contributed by atoms with E-state index in [1.54, 1.807) is 49.9 Å². The second kappa shape index (κ2) is 9.86. The standard InChI is InChI=1S/C24H28N4O5S/c1-17-25-23(16-27(17)2)34(30,31)28-14-12-18(13-15-28)24(29)26-19-8-10-20(11-9-19)33-22-7-5-4-6-21(22)32-3/h4-11,16,18H,12-15H2,1-3H3,(H,26,29). The normalized spacial score (nSPS) is 15.1. The second-order valence-electron chi connectivity index (χ2n) is 8.18. The molecule has 0 aliphatic carbocycles. The molecule has 10 heteroatoms. The van der Waals surface area contributed by atoms with Gasteiger partial charge in [-0.25, -0.2) is 13.4 Å². The van der Waals surface area contributed by atoms with Crippen LogP contribution in [0.2, 0.25) is 0 Å². The fraction of sp³-hybridized carbons (Fsp3) is 0.333. The van der Waals surface area contributed by atoms with Crippen molar-refractivity contribution in [2.75, 3.05) is 25.5 Å². The number of amides is 1. The van der Waals surface area contributed by atoms with E-state index in [2.05, 4.69) is 10.3 Å². The van der Waals surface area contributed by atoms with Crippen molar-refractivity contribution in [1.82, 2.24) is 13.9 Å². The van der Waals surface area contributed by atoms with E-state index in [1.807, 2.05) is 24.3 Å². The number of carbonyl (C=O) groups excluding carboxylic acids is 1. The molecule has 34 heavy (non-hydrogen) atoms. The van der Waals surface area contributed by atoms with E-state index in [4.69, 9.17) is 9.47 Å². The third-order valence-corrected chi connectivity index (χ3v) is 7.70. The molecule has 2 aromatic carbocycles. The fourth-order valence-corrected chi connectivity index (χ4v) is 5.32. The van der Waals surface area contributed by atoms with Crippen molar-refractivity contribution in [3.63, 3.8) is 0 Å². The molecular weight excluding hydrogens is 456 g/mol. The first-order valence-electron chi connectivity index (χ1n) is 11.0. The average molecular weight is 485 g/mol. The molecule has 4 rings (SSSR count). The Kier molecular flexibility index (Phi) is 6.90. The van der Waals surface area contributed by atoms with Crippen LogP contribution >= 0.6 is 0 Å². The SMILES string of the molecule is COc1ccccc1Oc1ccc(NC(=O)C2CCN(S(=O)(=O)c3cn(C)c(C)n3)CC2)cc1. The van der Waals surface area contributed by atoms with E-state index in [9.17, 15) is 13.2 Å². The van der Waals surface area contributed by atoms with E-state index in [1.165, 1.54) is 10.5 Å². The molecule has 0 bridgehead atoms. The number of para-hydroxylation sites is 2. The molecule has 180 valence electrons. The number of sulfonamides is 1. The minimum Gasteiger partial charge on any atom is -0.493 e. The first-order valence-corrected chi connectivity index (χ1v) is 12.4. The molecule has 0 spiro atoms. The van der Waals surface area contributed by atoms with E-state index in [0.29, 0.717) is 41.6 Å². The van der Waals surface area contributed by atoms with E-state index in [0.717, 1.165) is 0 Å². The summed E-state index contributed by atoms with van der Waals surface area (Å²) in [6, 6.07) is 14.4. The Hall–Kier alpha value is -3.37. The number of nitrogens with zero attached hydrogens (tertiary/aromatic N) is 3. The molecule has 1 aromatic heterocycles. The number of hydrogen-bond donors (Lipinski definition) is 1. The van der Waals surface area contributed by atoms with Crippen molar-refractivity contribution in [2.45, 2.75) is 24.8 Å². The number of piperidine rings is 1. The Morgan fingerprint density at radius 3 is 2.29 bits per heavy atom. The van der Waals surface area contributed by atoms with Gasteiger partial charge >= 0.3 is 0 Å². The van der Waals surface area contributed by atoms with Gasteiger partial charge in [-0.1, -0.05) is 12.1 Å². The van der Waals surface area contributed by atoms with Gasteiger partial charge in [0.05, 0.1) is 7.11 Å². The monoisotopic (exact) mass is 484 g/mol. The summed E-state index contributed by atoms with van der Waals surface area (Å²) in [5, 5.41) is 2.97. The Morgan fingerprint density at radius 1 is 1.06 bits per heavy atom. The molecule has 1 aliphatic heterocycles. The van der Waals surface area contributed by atoms with Crippen LogP contribution in [0.4, 0.5) is 5.69 Å². The molecule has 1 amide bonds. The van der Waals surface area contributed by atoms with Gasteiger partial charge in [-0.3, -0.25) is 4.79 Å². The Balaban J connectivity index is 1.32. The van der Waals surface area contributed by atoms with Gasteiger partial charge in [0.25, 0.3) is 10.0 Å². The van der Waals surface area contributed by atoms with Gasteiger partial charge in [0, 0.05) is 37.9 Å². The molecule has 0 atom stereocenters. The van der Waals surface area contributed by atoms with Crippen LogP contribution in [0, 0.1) is 12.8 Å². The largest absolute Gasteiger partial charge is 0.493 e. The van der Waals surface area contributed by atoms with Gasteiger partial charge in [-0.05, 0) is 56.2 Å². The van der Waals surface area contributed by atoms with E-state index < -0.39 is 10.0 Å². The van der Waals surface area contributed by atoms with Crippen LogP contribution in [0.1, 0.15) is 18.7 Å². The van der Waals surface area contributed by atoms with Crippen molar-refractivity contribution >= 4 is 21.6 Å². The van der Waals surface area contributed by atoms with Crippen LogP contribution in [-0.2, 0) is 21.9 Å².